The van der Waals surface area contributed by atoms with Gasteiger partial charge in [-0.05, 0) is 76.6 Å². The summed E-state index contributed by atoms with van der Waals surface area (Å²) < 4.78 is 39.6. The van der Waals surface area contributed by atoms with E-state index in [1.807, 2.05) is 33.8 Å². The van der Waals surface area contributed by atoms with E-state index < -0.39 is 34.1 Å². The Kier molecular flexibility index (Phi) is 10.0. The molecule has 0 aliphatic heterocycles. The molecular formula is C31H39N3O6S. The van der Waals surface area contributed by atoms with Gasteiger partial charge in [-0.1, -0.05) is 35.9 Å². The Morgan fingerprint density at radius 1 is 0.902 bits per heavy atom. The van der Waals surface area contributed by atoms with Crippen LogP contribution in [0.2, 0.25) is 0 Å². The van der Waals surface area contributed by atoms with Crippen molar-refractivity contribution in [3.63, 3.8) is 0 Å². The second-order valence-corrected chi connectivity index (χ2v) is 12.7. The summed E-state index contributed by atoms with van der Waals surface area (Å²) in [4.78, 5) is 28.7. The largest absolute Gasteiger partial charge is 0.497 e. The van der Waals surface area contributed by atoms with Crippen LogP contribution < -0.4 is 19.1 Å². The van der Waals surface area contributed by atoms with Crippen molar-refractivity contribution < 1.29 is 27.5 Å². The predicted octanol–water partition coefficient (Wildman–Crippen LogP) is 4.54. The van der Waals surface area contributed by atoms with Gasteiger partial charge in [0.05, 0.1) is 24.8 Å². The standard InChI is InChI=1S/C31H39N3O6S/c1-22-14-16-28(17-15-22)41(37,38)34(25-11-9-13-27(19-25)40-7)21-29(35)33(23(2)30(36)32-31(3,4)5)20-24-10-8-12-26(18-24)39-6/h8-19,23H,20-21H2,1-7H3,(H,32,36). The normalized spacial score (nSPS) is 12.3. The van der Waals surface area contributed by atoms with Crippen LogP contribution >= 0.6 is 0 Å². The number of rotatable bonds is 11. The highest BCUT2D eigenvalue weighted by molar-refractivity contribution is 7.92. The van der Waals surface area contributed by atoms with Gasteiger partial charge in [0.2, 0.25) is 11.8 Å². The minimum Gasteiger partial charge on any atom is -0.497 e. The van der Waals surface area contributed by atoms with Gasteiger partial charge >= 0.3 is 0 Å². The molecule has 0 aliphatic rings. The van der Waals surface area contributed by atoms with Crippen molar-refractivity contribution in [1.82, 2.24) is 10.2 Å². The van der Waals surface area contributed by atoms with Crippen LogP contribution in [0.4, 0.5) is 5.69 Å². The number of amides is 2. The van der Waals surface area contributed by atoms with Crippen molar-refractivity contribution in [3.8, 4) is 11.5 Å². The molecule has 0 spiro atoms. The highest BCUT2D eigenvalue weighted by Gasteiger charge is 2.33. The fourth-order valence-electron chi connectivity index (χ4n) is 4.16. The summed E-state index contributed by atoms with van der Waals surface area (Å²) in [5.41, 5.74) is 1.35. The summed E-state index contributed by atoms with van der Waals surface area (Å²) in [5, 5.41) is 2.92. The Hall–Kier alpha value is -4.05. The third-order valence-electron chi connectivity index (χ3n) is 6.38. The average Bonchev–Trinajstić information content (AvgIpc) is 2.93. The van der Waals surface area contributed by atoms with E-state index in [-0.39, 0.29) is 23.0 Å². The maximum Gasteiger partial charge on any atom is 0.264 e. The molecule has 10 heteroatoms. The van der Waals surface area contributed by atoms with Gasteiger partial charge in [0, 0.05) is 18.2 Å². The number of carbonyl (C=O) groups excluding carboxylic acids is 2. The third kappa shape index (κ3) is 8.23. The molecule has 0 saturated heterocycles. The lowest BCUT2D eigenvalue weighted by Crippen LogP contribution is -2.54. The Bertz CT molecular complexity index is 1470. The first kappa shape index (κ1) is 31.5. The molecule has 1 N–H and O–H groups in total. The van der Waals surface area contributed by atoms with E-state index in [0.717, 1.165) is 15.4 Å². The quantitative estimate of drug-likeness (QED) is 0.357. The molecule has 41 heavy (non-hydrogen) atoms. The van der Waals surface area contributed by atoms with Crippen molar-refractivity contribution in [2.75, 3.05) is 25.1 Å². The number of hydrogen-bond donors (Lipinski definition) is 1. The van der Waals surface area contributed by atoms with Gasteiger partial charge in [0.25, 0.3) is 10.0 Å². The zero-order valence-electron chi connectivity index (χ0n) is 24.7. The van der Waals surface area contributed by atoms with Gasteiger partial charge in [-0.15, -0.1) is 0 Å². The molecule has 1 unspecified atom stereocenters. The average molecular weight is 582 g/mol. The number of sulfonamides is 1. The third-order valence-corrected chi connectivity index (χ3v) is 8.17. The number of hydrogen-bond acceptors (Lipinski definition) is 6. The fraction of sp³-hybridized carbons (Fsp3) is 0.355. The minimum atomic E-state index is -4.17. The van der Waals surface area contributed by atoms with Gasteiger partial charge in [0.15, 0.2) is 0 Å². The van der Waals surface area contributed by atoms with Crippen LogP contribution in [0, 0.1) is 6.92 Å². The number of aryl methyl sites for hydroxylation is 1. The lowest BCUT2D eigenvalue weighted by atomic mass is 10.1. The molecule has 2 amide bonds. The summed E-state index contributed by atoms with van der Waals surface area (Å²) >= 11 is 0. The van der Waals surface area contributed by atoms with Crippen LogP contribution in [0.25, 0.3) is 0 Å². The van der Waals surface area contributed by atoms with Crippen molar-refractivity contribution in [2.45, 2.75) is 57.6 Å². The number of methoxy groups -OCH3 is 2. The maximum atomic E-state index is 14.1. The first-order chi connectivity index (χ1) is 19.2. The number of carbonyl (C=O) groups is 2. The Morgan fingerprint density at radius 2 is 1.49 bits per heavy atom. The Balaban J connectivity index is 2.07. The zero-order valence-corrected chi connectivity index (χ0v) is 25.5. The molecule has 3 aromatic rings. The molecule has 0 radical (unpaired) electrons. The van der Waals surface area contributed by atoms with Gasteiger partial charge in [-0.25, -0.2) is 8.42 Å². The number of anilines is 1. The molecule has 9 nitrogen and oxygen atoms in total. The van der Waals surface area contributed by atoms with Gasteiger partial charge in [-0.2, -0.15) is 0 Å². The number of nitrogens with one attached hydrogen (secondary N) is 1. The molecular weight excluding hydrogens is 542 g/mol. The lowest BCUT2D eigenvalue weighted by Gasteiger charge is -2.33. The fourth-order valence-corrected chi connectivity index (χ4v) is 5.56. The molecule has 0 heterocycles. The minimum absolute atomic E-state index is 0.0385. The first-order valence-electron chi connectivity index (χ1n) is 13.2. The molecule has 3 rings (SSSR count). The van der Waals surface area contributed by atoms with E-state index in [1.54, 1.807) is 68.6 Å². The van der Waals surface area contributed by atoms with Crippen LogP contribution in [0.5, 0.6) is 11.5 Å². The van der Waals surface area contributed by atoms with E-state index in [2.05, 4.69) is 5.32 Å². The molecule has 3 aromatic carbocycles. The van der Waals surface area contributed by atoms with Crippen LogP contribution in [-0.4, -0.2) is 57.5 Å². The Labute approximate surface area is 243 Å². The second kappa shape index (κ2) is 13.1. The molecule has 0 aliphatic carbocycles. The number of ether oxygens (including phenoxy) is 2. The van der Waals surface area contributed by atoms with Gasteiger partial charge in [-0.3, -0.25) is 13.9 Å². The molecule has 0 bridgehead atoms. The van der Waals surface area contributed by atoms with Crippen molar-refractivity contribution >= 4 is 27.5 Å². The summed E-state index contributed by atoms with van der Waals surface area (Å²) in [5.74, 6) is 0.123. The van der Waals surface area contributed by atoms with Gasteiger partial charge in [0.1, 0.15) is 24.1 Å². The smallest absolute Gasteiger partial charge is 0.264 e. The molecule has 0 aromatic heterocycles. The molecule has 220 valence electrons. The highest BCUT2D eigenvalue weighted by atomic mass is 32.2. The first-order valence-corrected chi connectivity index (χ1v) is 14.7. The van der Waals surface area contributed by atoms with Crippen LogP contribution in [0.3, 0.4) is 0 Å². The highest BCUT2D eigenvalue weighted by Crippen LogP contribution is 2.28. The lowest BCUT2D eigenvalue weighted by molar-refractivity contribution is -0.140. The van der Waals surface area contributed by atoms with Crippen molar-refractivity contribution in [3.05, 3.63) is 83.9 Å². The van der Waals surface area contributed by atoms with Crippen LogP contribution in [-0.2, 0) is 26.2 Å². The van der Waals surface area contributed by atoms with Crippen LogP contribution in [0.1, 0.15) is 38.8 Å². The Morgan fingerprint density at radius 3 is 2.07 bits per heavy atom. The maximum absolute atomic E-state index is 14.1. The van der Waals surface area contributed by atoms with Gasteiger partial charge < -0.3 is 19.7 Å². The van der Waals surface area contributed by atoms with E-state index in [1.165, 1.54) is 24.1 Å². The number of benzene rings is 3. The van der Waals surface area contributed by atoms with Crippen LogP contribution in [0.15, 0.2) is 77.7 Å². The van der Waals surface area contributed by atoms with Crippen molar-refractivity contribution in [1.29, 1.82) is 0 Å². The van der Waals surface area contributed by atoms with E-state index in [4.69, 9.17) is 9.47 Å². The number of nitrogens with zero attached hydrogens (tertiary/aromatic N) is 2. The molecule has 0 fully saturated rings. The van der Waals surface area contributed by atoms with E-state index in [9.17, 15) is 18.0 Å². The second-order valence-electron chi connectivity index (χ2n) is 10.8. The summed E-state index contributed by atoms with van der Waals surface area (Å²) in [6, 6.07) is 19.2. The summed E-state index contributed by atoms with van der Waals surface area (Å²) in [6.07, 6.45) is 0. The van der Waals surface area contributed by atoms with E-state index in [0.29, 0.717) is 11.5 Å². The predicted molar refractivity (Wildman–Crippen MR) is 160 cm³/mol. The topological polar surface area (TPSA) is 105 Å². The zero-order chi connectivity index (χ0) is 30.4. The SMILES string of the molecule is COc1cccc(CN(C(=O)CN(c2cccc(OC)c2)S(=O)(=O)c2ccc(C)cc2)C(C)C(=O)NC(C)(C)C)c1. The summed E-state index contributed by atoms with van der Waals surface area (Å²) in [6.45, 7) is 8.56. The summed E-state index contributed by atoms with van der Waals surface area (Å²) in [7, 11) is -1.15. The monoisotopic (exact) mass is 581 g/mol. The van der Waals surface area contributed by atoms with Crippen molar-refractivity contribution in [2.24, 2.45) is 0 Å². The molecule has 0 saturated carbocycles. The van der Waals surface area contributed by atoms with E-state index >= 15 is 0 Å². The molecule has 1 atom stereocenters.